The minimum atomic E-state index is -0.593. The van der Waals surface area contributed by atoms with Crippen LogP contribution in [0.4, 0.5) is 0 Å². The summed E-state index contributed by atoms with van der Waals surface area (Å²) in [5.74, 6) is -0.194. The van der Waals surface area contributed by atoms with Crippen molar-refractivity contribution in [2.75, 3.05) is 7.11 Å². The van der Waals surface area contributed by atoms with Gasteiger partial charge in [0, 0.05) is 32.7 Å². The van der Waals surface area contributed by atoms with Crippen molar-refractivity contribution >= 4 is 49.3 Å². The topological polar surface area (TPSA) is 52.1 Å². The lowest BCUT2D eigenvalue weighted by molar-refractivity contribution is -0.145. The predicted octanol–water partition coefficient (Wildman–Crippen LogP) is 12.0. The monoisotopic (exact) mass is 702 g/mol. The van der Waals surface area contributed by atoms with Crippen LogP contribution in [0.15, 0.2) is 133 Å². The van der Waals surface area contributed by atoms with Crippen LogP contribution < -0.4 is 0 Å². The molecule has 0 N–H and O–H groups in total. The molecule has 8 aromatic rings. The van der Waals surface area contributed by atoms with Gasteiger partial charge in [-0.2, -0.15) is 0 Å². The van der Waals surface area contributed by atoms with E-state index in [1.54, 1.807) is 0 Å². The van der Waals surface area contributed by atoms with Gasteiger partial charge in [-0.15, -0.1) is 0 Å². The van der Waals surface area contributed by atoms with Gasteiger partial charge in [0.2, 0.25) is 0 Å². The quantitative estimate of drug-likeness (QED) is 0.155. The molecule has 0 radical (unpaired) electrons. The summed E-state index contributed by atoms with van der Waals surface area (Å²) >= 11 is 0. The zero-order chi connectivity index (χ0) is 36.8. The molecule has 0 fully saturated rings. The number of para-hydroxylation sites is 2. The Labute approximate surface area is 315 Å². The zero-order valence-corrected chi connectivity index (χ0v) is 31.2. The highest BCUT2D eigenvalue weighted by Crippen LogP contribution is 2.63. The molecule has 3 unspecified atom stereocenters. The first-order valence-corrected chi connectivity index (χ1v) is 19.2. The standard InChI is InChI=1S/C50H42N2O2/c1-30(2)27-49(40-23-34-15-7-5-13-32(34)21-38(40)46-42(49)25-36-17-9-11-19-44(36)51-46)29-50(28-31(3)48(53)54-4)41-24-35-16-8-6-14-33(35)22-39(41)47-43(50)26-37-18-10-12-20-45(37)52-47/h5-26,30-31H,27-29H2,1-4H3. The maximum absolute atomic E-state index is 13.6. The van der Waals surface area contributed by atoms with Crippen molar-refractivity contribution in [2.45, 2.75) is 50.9 Å². The minimum Gasteiger partial charge on any atom is -0.469 e. The van der Waals surface area contributed by atoms with Gasteiger partial charge >= 0.3 is 5.97 Å². The molecule has 2 aromatic heterocycles. The van der Waals surface area contributed by atoms with Crippen LogP contribution in [0.2, 0.25) is 0 Å². The van der Waals surface area contributed by atoms with Crippen LogP contribution in [0.25, 0.3) is 65.9 Å². The van der Waals surface area contributed by atoms with Gasteiger partial charge in [-0.3, -0.25) is 4.79 Å². The number of aromatic nitrogens is 2. The maximum atomic E-state index is 13.6. The van der Waals surface area contributed by atoms with Crippen molar-refractivity contribution in [3.63, 3.8) is 0 Å². The third-order valence-corrected chi connectivity index (χ3v) is 12.4. The van der Waals surface area contributed by atoms with Crippen LogP contribution in [0.1, 0.15) is 62.3 Å². The number of esters is 1. The Kier molecular flexibility index (Phi) is 7.33. The fourth-order valence-corrected chi connectivity index (χ4v) is 10.3. The van der Waals surface area contributed by atoms with Crippen molar-refractivity contribution in [2.24, 2.45) is 11.8 Å². The lowest BCUT2D eigenvalue weighted by atomic mass is 9.58. The average molecular weight is 703 g/mol. The Balaban J connectivity index is 1.34. The average Bonchev–Trinajstić information content (AvgIpc) is 3.57. The molecule has 0 aliphatic heterocycles. The second-order valence-electron chi connectivity index (χ2n) is 16.2. The molecule has 4 heteroatoms. The Hall–Kier alpha value is -5.87. The van der Waals surface area contributed by atoms with E-state index in [4.69, 9.17) is 14.7 Å². The van der Waals surface area contributed by atoms with Crippen LogP contribution in [0, 0.1) is 11.8 Å². The van der Waals surface area contributed by atoms with E-state index in [2.05, 4.69) is 147 Å². The van der Waals surface area contributed by atoms with Gasteiger partial charge < -0.3 is 4.74 Å². The van der Waals surface area contributed by atoms with Crippen molar-refractivity contribution in [1.29, 1.82) is 0 Å². The lowest BCUT2D eigenvalue weighted by Gasteiger charge is -2.44. The Morgan fingerprint density at radius 2 is 0.926 bits per heavy atom. The van der Waals surface area contributed by atoms with Crippen LogP contribution in [-0.4, -0.2) is 23.0 Å². The van der Waals surface area contributed by atoms with Crippen molar-refractivity contribution < 1.29 is 9.53 Å². The number of nitrogens with zero attached hydrogens (tertiary/aromatic N) is 2. The number of benzene rings is 6. The van der Waals surface area contributed by atoms with E-state index in [9.17, 15) is 4.79 Å². The third kappa shape index (κ3) is 4.78. The molecule has 2 heterocycles. The van der Waals surface area contributed by atoms with Gasteiger partial charge in [-0.05, 0) is 118 Å². The molecule has 0 bridgehead atoms. The van der Waals surface area contributed by atoms with Gasteiger partial charge in [0.1, 0.15) is 0 Å². The van der Waals surface area contributed by atoms with Gasteiger partial charge in [0.25, 0.3) is 0 Å². The van der Waals surface area contributed by atoms with E-state index in [-0.39, 0.29) is 11.9 Å². The van der Waals surface area contributed by atoms with Crippen LogP contribution in [0.5, 0.6) is 0 Å². The van der Waals surface area contributed by atoms with E-state index in [1.807, 2.05) is 6.92 Å². The second-order valence-corrected chi connectivity index (χ2v) is 16.2. The molecule has 2 aliphatic rings. The third-order valence-electron chi connectivity index (χ3n) is 12.4. The maximum Gasteiger partial charge on any atom is 0.308 e. The van der Waals surface area contributed by atoms with Crippen molar-refractivity contribution in [1.82, 2.24) is 9.97 Å². The first-order chi connectivity index (χ1) is 26.3. The molecule has 2 aliphatic carbocycles. The number of ether oxygens (including phenoxy) is 1. The number of hydrogen-bond acceptors (Lipinski definition) is 4. The summed E-state index contributed by atoms with van der Waals surface area (Å²) in [6, 6.07) is 48.7. The molecule has 0 spiro atoms. The summed E-state index contributed by atoms with van der Waals surface area (Å²) in [7, 11) is 1.51. The number of pyridine rings is 2. The Bertz CT molecular complexity index is 2660. The van der Waals surface area contributed by atoms with Crippen LogP contribution in [-0.2, 0) is 20.4 Å². The largest absolute Gasteiger partial charge is 0.469 e. The van der Waals surface area contributed by atoms with Gasteiger partial charge in [-0.25, -0.2) is 9.97 Å². The number of hydrogen-bond donors (Lipinski definition) is 0. The summed E-state index contributed by atoms with van der Waals surface area (Å²) < 4.78 is 5.49. The molecular formula is C50H42N2O2. The van der Waals surface area contributed by atoms with E-state index in [0.717, 1.165) is 51.6 Å². The van der Waals surface area contributed by atoms with E-state index < -0.39 is 10.8 Å². The molecule has 4 nitrogen and oxygen atoms in total. The fraction of sp³-hybridized carbons (Fsp3) is 0.220. The van der Waals surface area contributed by atoms with Gasteiger partial charge in [0.05, 0.1) is 35.4 Å². The molecule has 54 heavy (non-hydrogen) atoms. The molecule has 0 saturated carbocycles. The predicted molar refractivity (Wildman–Crippen MR) is 221 cm³/mol. The zero-order valence-electron chi connectivity index (χ0n) is 31.2. The van der Waals surface area contributed by atoms with Gasteiger partial charge in [0.15, 0.2) is 0 Å². The Morgan fingerprint density at radius 1 is 0.537 bits per heavy atom. The lowest BCUT2D eigenvalue weighted by Crippen LogP contribution is -2.40. The van der Waals surface area contributed by atoms with Gasteiger partial charge in [-0.1, -0.05) is 106 Å². The second kappa shape index (κ2) is 12.1. The minimum absolute atomic E-state index is 0.192. The summed E-state index contributed by atoms with van der Waals surface area (Å²) in [5, 5.41) is 7.06. The number of carbonyl (C=O) groups excluding carboxylic acids is 1. The molecular weight excluding hydrogens is 661 g/mol. The van der Waals surface area contributed by atoms with Crippen LogP contribution >= 0.6 is 0 Å². The molecule has 264 valence electrons. The first kappa shape index (κ1) is 32.8. The summed E-state index contributed by atoms with van der Waals surface area (Å²) in [6.45, 7) is 6.73. The molecule has 3 atom stereocenters. The first-order valence-electron chi connectivity index (χ1n) is 19.2. The summed E-state index contributed by atoms with van der Waals surface area (Å²) in [5.41, 5.74) is 10.4. The highest BCUT2D eigenvalue weighted by atomic mass is 16.5. The Morgan fingerprint density at radius 3 is 1.37 bits per heavy atom. The molecule has 0 saturated heterocycles. The number of rotatable bonds is 7. The SMILES string of the molecule is COC(=O)C(C)CC1(CC2(CC(C)C)c3cc4ccccc4cc3-c3nc4ccccc4cc32)c2cc3ccccc3cc2-c2nc3ccccc3cc21. The normalized spacial score (nSPS) is 18.9. The fourth-order valence-electron chi connectivity index (χ4n) is 10.3. The number of methoxy groups -OCH3 is 1. The van der Waals surface area contributed by atoms with Crippen LogP contribution in [0.3, 0.4) is 0 Å². The highest BCUT2D eigenvalue weighted by molar-refractivity contribution is 5.98. The highest BCUT2D eigenvalue weighted by Gasteiger charge is 2.55. The number of carbonyl (C=O) groups is 1. The molecule has 6 aromatic carbocycles. The number of fused-ring (bicyclic) bond motifs is 10. The molecule has 10 rings (SSSR count). The van der Waals surface area contributed by atoms with E-state index in [0.29, 0.717) is 12.3 Å². The van der Waals surface area contributed by atoms with E-state index in [1.165, 1.54) is 56.5 Å². The summed E-state index contributed by atoms with van der Waals surface area (Å²) in [6.07, 6.45) is 2.24. The van der Waals surface area contributed by atoms with E-state index >= 15 is 0 Å². The smallest absolute Gasteiger partial charge is 0.308 e. The van der Waals surface area contributed by atoms with Crippen molar-refractivity contribution in [3.05, 3.63) is 156 Å². The molecule has 0 amide bonds. The summed E-state index contributed by atoms with van der Waals surface area (Å²) in [4.78, 5) is 24.6. The van der Waals surface area contributed by atoms with Crippen molar-refractivity contribution in [3.8, 4) is 22.5 Å².